The van der Waals surface area contributed by atoms with Crippen molar-refractivity contribution in [1.82, 2.24) is 0 Å². The summed E-state index contributed by atoms with van der Waals surface area (Å²) in [6.07, 6.45) is 0.822. The molecule has 0 aromatic heterocycles. The molecule has 1 aliphatic rings. The first kappa shape index (κ1) is 22.4. The molecule has 162 valence electrons. The summed E-state index contributed by atoms with van der Waals surface area (Å²) in [5, 5.41) is 8.69. The monoisotopic (exact) mass is 433 g/mol. The van der Waals surface area contributed by atoms with E-state index in [-0.39, 0.29) is 30.7 Å². The lowest BCUT2D eigenvalue weighted by Crippen LogP contribution is -2.50. The number of aliphatic hydroxyl groups is 1. The van der Waals surface area contributed by atoms with E-state index in [1.807, 2.05) is 37.3 Å². The highest BCUT2D eigenvalue weighted by molar-refractivity contribution is 7.91. The standard InChI is InChI=1S/C23H28FNO4S/c1-16-9-10-19(24)15-20(16)18(11-12-26)14-22-25-30(27,28)21(23(2,3)29-22)13-17-7-5-4-6-8-17/h4-10,15,18,21,26H,11-14H2,1-3H3/t18-,21?/m1/s1. The van der Waals surface area contributed by atoms with Crippen molar-refractivity contribution in [2.75, 3.05) is 6.61 Å². The van der Waals surface area contributed by atoms with E-state index in [4.69, 9.17) is 4.74 Å². The van der Waals surface area contributed by atoms with Gasteiger partial charge in [0.1, 0.15) is 16.7 Å². The molecule has 2 atom stereocenters. The maximum atomic E-state index is 13.8. The Kier molecular flexibility index (Phi) is 6.62. The van der Waals surface area contributed by atoms with Crippen molar-refractivity contribution in [3.63, 3.8) is 0 Å². The Hall–Kier alpha value is -2.25. The van der Waals surface area contributed by atoms with Crippen molar-refractivity contribution in [3.05, 3.63) is 71.0 Å². The largest absolute Gasteiger partial charge is 0.473 e. The molecule has 0 amide bonds. The highest BCUT2D eigenvalue weighted by atomic mass is 32.2. The van der Waals surface area contributed by atoms with Gasteiger partial charge in [-0.15, -0.1) is 4.40 Å². The van der Waals surface area contributed by atoms with Gasteiger partial charge in [0.15, 0.2) is 0 Å². The Labute approximate surface area is 177 Å². The summed E-state index contributed by atoms with van der Waals surface area (Å²) in [5.41, 5.74) is 1.51. The van der Waals surface area contributed by atoms with Crippen LogP contribution >= 0.6 is 0 Å². The maximum Gasteiger partial charge on any atom is 0.263 e. The Morgan fingerprint density at radius 2 is 1.90 bits per heavy atom. The molecule has 5 nitrogen and oxygen atoms in total. The van der Waals surface area contributed by atoms with Crippen molar-refractivity contribution in [1.29, 1.82) is 0 Å². The van der Waals surface area contributed by atoms with E-state index in [0.29, 0.717) is 12.8 Å². The van der Waals surface area contributed by atoms with Crippen molar-refractivity contribution in [2.24, 2.45) is 4.40 Å². The molecule has 0 saturated heterocycles. The van der Waals surface area contributed by atoms with Crippen LogP contribution in [0.4, 0.5) is 4.39 Å². The van der Waals surface area contributed by atoms with E-state index in [2.05, 4.69) is 4.40 Å². The fourth-order valence-corrected chi connectivity index (χ4v) is 5.69. The molecule has 1 heterocycles. The molecule has 1 aliphatic heterocycles. The zero-order valence-corrected chi connectivity index (χ0v) is 18.3. The van der Waals surface area contributed by atoms with E-state index < -0.39 is 20.9 Å². The zero-order valence-electron chi connectivity index (χ0n) is 17.5. The summed E-state index contributed by atoms with van der Waals surface area (Å²) in [4.78, 5) is 0. The van der Waals surface area contributed by atoms with Crippen LogP contribution in [0.3, 0.4) is 0 Å². The second-order valence-electron chi connectivity index (χ2n) is 8.30. The first-order valence-corrected chi connectivity index (χ1v) is 11.5. The molecule has 1 unspecified atom stereocenters. The number of hydrogen-bond acceptors (Lipinski definition) is 4. The van der Waals surface area contributed by atoms with Crippen LogP contribution in [0, 0.1) is 12.7 Å². The molecule has 0 saturated carbocycles. The van der Waals surface area contributed by atoms with Gasteiger partial charge in [0, 0.05) is 13.0 Å². The first-order chi connectivity index (χ1) is 14.1. The van der Waals surface area contributed by atoms with Crippen LogP contribution in [-0.4, -0.2) is 36.9 Å². The lowest BCUT2D eigenvalue weighted by molar-refractivity contribution is 0.0798. The lowest BCUT2D eigenvalue weighted by Gasteiger charge is -2.38. The molecule has 7 heteroatoms. The fourth-order valence-electron chi connectivity index (χ4n) is 4.00. The second-order valence-corrected chi connectivity index (χ2v) is 10.1. The summed E-state index contributed by atoms with van der Waals surface area (Å²) in [6, 6.07) is 13.9. The van der Waals surface area contributed by atoms with Gasteiger partial charge in [0.2, 0.25) is 5.90 Å². The third-order valence-corrected chi connectivity index (χ3v) is 7.50. The summed E-state index contributed by atoms with van der Waals surface area (Å²) < 4.78 is 49.9. The molecule has 30 heavy (non-hydrogen) atoms. The van der Waals surface area contributed by atoms with Crippen molar-refractivity contribution < 1.29 is 22.7 Å². The van der Waals surface area contributed by atoms with Crippen molar-refractivity contribution in [3.8, 4) is 0 Å². The second kappa shape index (κ2) is 8.86. The average Bonchev–Trinajstić information content (AvgIpc) is 2.66. The van der Waals surface area contributed by atoms with Gasteiger partial charge in [-0.3, -0.25) is 0 Å². The highest BCUT2D eigenvalue weighted by Gasteiger charge is 2.46. The third kappa shape index (κ3) is 5.08. The quantitative estimate of drug-likeness (QED) is 0.712. The number of halogens is 1. The molecular weight excluding hydrogens is 405 g/mol. The summed E-state index contributed by atoms with van der Waals surface area (Å²) in [5.74, 6) is -0.575. The number of hydrogen-bond donors (Lipinski definition) is 1. The average molecular weight is 434 g/mol. The topological polar surface area (TPSA) is 76.0 Å². The van der Waals surface area contributed by atoms with Crippen LogP contribution in [0.15, 0.2) is 52.9 Å². The molecule has 0 fully saturated rings. The molecule has 3 rings (SSSR count). The minimum Gasteiger partial charge on any atom is -0.473 e. The number of aryl methyl sites for hydroxylation is 1. The summed E-state index contributed by atoms with van der Waals surface area (Å²) >= 11 is 0. The highest BCUT2D eigenvalue weighted by Crippen LogP contribution is 2.35. The van der Waals surface area contributed by atoms with Crippen LogP contribution in [0.2, 0.25) is 0 Å². The Morgan fingerprint density at radius 3 is 2.53 bits per heavy atom. The molecular formula is C23H28FNO4S. The van der Waals surface area contributed by atoms with Crippen LogP contribution in [0.5, 0.6) is 0 Å². The molecule has 0 aliphatic carbocycles. The number of ether oxygens (including phenoxy) is 1. The van der Waals surface area contributed by atoms with Crippen LogP contribution in [0.1, 0.15) is 49.3 Å². The number of sulfonamides is 1. The molecule has 0 radical (unpaired) electrons. The van der Waals surface area contributed by atoms with Gasteiger partial charge in [-0.1, -0.05) is 36.4 Å². The SMILES string of the molecule is Cc1ccc(F)cc1[C@H](CCO)CC1=NS(=O)(=O)C(Cc2ccccc2)C(C)(C)O1. The van der Waals surface area contributed by atoms with Gasteiger partial charge in [0.05, 0.1) is 0 Å². The van der Waals surface area contributed by atoms with Gasteiger partial charge < -0.3 is 9.84 Å². The zero-order chi connectivity index (χ0) is 21.9. The Bertz CT molecular complexity index is 1020. The molecule has 0 spiro atoms. The number of benzene rings is 2. The van der Waals surface area contributed by atoms with Crippen LogP contribution < -0.4 is 0 Å². The van der Waals surface area contributed by atoms with Gasteiger partial charge in [-0.05, 0) is 68.4 Å². The molecule has 0 bridgehead atoms. The predicted molar refractivity (Wildman–Crippen MR) is 116 cm³/mol. The van der Waals surface area contributed by atoms with Gasteiger partial charge >= 0.3 is 0 Å². The van der Waals surface area contributed by atoms with Gasteiger partial charge in [0.25, 0.3) is 10.0 Å². The Balaban J connectivity index is 1.90. The van der Waals surface area contributed by atoms with Gasteiger partial charge in [-0.2, -0.15) is 0 Å². The molecule has 2 aromatic carbocycles. The minimum absolute atomic E-state index is 0.103. The molecule has 1 N–H and O–H groups in total. The Morgan fingerprint density at radius 1 is 1.20 bits per heavy atom. The van der Waals surface area contributed by atoms with E-state index in [1.54, 1.807) is 19.9 Å². The van der Waals surface area contributed by atoms with E-state index in [0.717, 1.165) is 16.7 Å². The van der Waals surface area contributed by atoms with Crippen molar-refractivity contribution in [2.45, 2.75) is 56.8 Å². The maximum absolute atomic E-state index is 13.8. The predicted octanol–water partition coefficient (Wildman–Crippen LogP) is 4.14. The van der Waals surface area contributed by atoms with Gasteiger partial charge in [-0.25, -0.2) is 12.8 Å². The van der Waals surface area contributed by atoms with Crippen LogP contribution in [-0.2, 0) is 21.2 Å². The normalized spacial score (nSPS) is 20.8. The van der Waals surface area contributed by atoms with E-state index >= 15 is 0 Å². The van der Waals surface area contributed by atoms with Crippen LogP contribution in [0.25, 0.3) is 0 Å². The summed E-state index contributed by atoms with van der Waals surface area (Å²) in [7, 11) is -3.81. The number of rotatable bonds is 7. The third-order valence-electron chi connectivity index (χ3n) is 5.59. The number of nitrogens with zero attached hydrogens (tertiary/aromatic N) is 1. The van der Waals surface area contributed by atoms with E-state index in [1.165, 1.54) is 12.1 Å². The first-order valence-electron chi connectivity index (χ1n) is 10.0. The number of aliphatic hydroxyl groups excluding tert-OH is 1. The smallest absolute Gasteiger partial charge is 0.263 e. The minimum atomic E-state index is -3.81. The van der Waals surface area contributed by atoms with Crippen molar-refractivity contribution >= 4 is 15.9 Å². The lowest BCUT2D eigenvalue weighted by atomic mass is 9.89. The fraction of sp³-hybridized carbons (Fsp3) is 0.435. The van der Waals surface area contributed by atoms with E-state index in [9.17, 15) is 17.9 Å². The molecule has 2 aromatic rings. The summed E-state index contributed by atoms with van der Waals surface area (Å²) in [6.45, 7) is 5.25.